The van der Waals surface area contributed by atoms with Gasteiger partial charge in [0.05, 0.1) is 7.11 Å². The van der Waals surface area contributed by atoms with Crippen molar-refractivity contribution in [3.8, 4) is 0 Å². The average molecular weight is 313 g/mol. The second-order valence-corrected chi connectivity index (χ2v) is 5.90. The highest BCUT2D eigenvalue weighted by molar-refractivity contribution is 7.93. The number of benzene rings is 1. The van der Waals surface area contributed by atoms with Crippen LogP contribution in [0.5, 0.6) is 0 Å². The molecule has 0 heterocycles. The van der Waals surface area contributed by atoms with E-state index in [0.29, 0.717) is 5.56 Å². The van der Waals surface area contributed by atoms with E-state index in [0.717, 1.165) is 18.7 Å². The number of carboxylic acids is 1. The van der Waals surface area contributed by atoms with Crippen molar-refractivity contribution in [2.75, 3.05) is 17.6 Å². The number of hydrogen-bond acceptors (Lipinski definition) is 5. The van der Waals surface area contributed by atoms with Crippen molar-refractivity contribution < 1.29 is 27.9 Å². The Morgan fingerprint density at radius 3 is 2.62 bits per heavy atom. The molecule has 0 unspecified atom stereocenters. The summed E-state index contributed by atoms with van der Waals surface area (Å²) in [5, 5.41) is 8.60. The topological polar surface area (TPSA) is 110 Å². The number of carboxylic acid groups (broad SMARTS) is 1. The Hall–Kier alpha value is -2.35. The number of aryl methyl sites for hydroxylation is 1. The van der Waals surface area contributed by atoms with E-state index in [4.69, 9.17) is 5.11 Å². The largest absolute Gasteiger partial charge is 0.478 e. The van der Waals surface area contributed by atoms with Crippen molar-refractivity contribution in [1.29, 1.82) is 0 Å². The second kappa shape index (κ2) is 6.89. The lowest BCUT2D eigenvalue weighted by molar-refractivity contribution is -0.137. The standard InChI is InChI=1S/C13H15NO6S/c1-9-3-5-11(7-10(9)4-6-12(15)16)14-21(18,19)8-13(17)20-2/h3-7,14H,8H2,1-2H3,(H,15,16). The van der Waals surface area contributed by atoms with Crippen molar-refractivity contribution in [2.45, 2.75) is 6.92 Å². The number of carbonyl (C=O) groups excluding carboxylic acids is 1. The fraction of sp³-hybridized carbons (Fsp3) is 0.231. The fourth-order valence-electron chi connectivity index (χ4n) is 1.47. The Labute approximate surface area is 122 Å². The van der Waals surface area contributed by atoms with Gasteiger partial charge in [-0.2, -0.15) is 0 Å². The van der Waals surface area contributed by atoms with Crippen LogP contribution in [-0.2, 0) is 24.3 Å². The van der Waals surface area contributed by atoms with Gasteiger partial charge in [0.15, 0.2) is 5.75 Å². The average Bonchev–Trinajstić information content (AvgIpc) is 2.38. The maximum Gasteiger partial charge on any atom is 0.328 e. The van der Waals surface area contributed by atoms with E-state index >= 15 is 0 Å². The molecular weight excluding hydrogens is 298 g/mol. The van der Waals surface area contributed by atoms with Gasteiger partial charge in [-0.3, -0.25) is 9.52 Å². The van der Waals surface area contributed by atoms with Crippen LogP contribution in [0.3, 0.4) is 0 Å². The fourth-order valence-corrected chi connectivity index (χ4v) is 2.46. The van der Waals surface area contributed by atoms with Gasteiger partial charge in [-0.1, -0.05) is 6.07 Å². The van der Waals surface area contributed by atoms with Crippen molar-refractivity contribution in [2.24, 2.45) is 0 Å². The molecular formula is C13H15NO6S. The molecule has 0 aliphatic carbocycles. The van der Waals surface area contributed by atoms with Crippen LogP contribution >= 0.6 is 0 Å². The number of hydrogen-bond donors (Lipinski definition) is 2. The van der Waals surface area contributed by atoms with E-state index < -0.39 is 27.7 Å². The second-order valence-electron chi connectivity index (χ2n) is 4.18. The molecule has 1 aromatic carbocycles. The third kappa shape index (κ3) is 5.65. The number of anilines is 1. The van der Waals surface area contributed by atoms with Gasteiger partial charge in [-0.15, -0.1) is 0 Å². The maximum absolute atomic E-state index is 11.7. The molecule has 8 heteroatoms. The molecule has 0 radical (unpaired) electrons. The minimum absolute atomic E-state index is 0.231. The molecule has 0 amide bonds. The van der Waals surface area contributed by atoms with E-state index in [1.165, 1.54) is 18.2 Å². The maximum atomic E-state index is 11.7. The summed E-state index contributed by atoms with van der Waals surface area (Å²) in [6.45, 7) is 1.76. The lowest BCUT2D eigenvalue weighted by Gasteiger charge is -2.09. The van der Waals surface area contributed by atoms with Crippen LogP contribution in [0.15, 0.2) is 24.3 Å². The number of aliphatic carboxylic acids is 1. The van der Waals surface area contributed by atoms with Gasteiger partial charge in [0, 0.05) is 11.8 Å². The first-order chi connectivity index (χ1) is 9.73. The summed E-state index contributed by atoms with van der Waals surface area (Å²) in [7, 11) is -2.78. The highest BCUT2D eigenvalue weighted by atomic mass is 32.2. The molecule has 0 atom stereocenters. The van der Waals surface area contributed by atoms with Gasteiger partial charge >= 0.3 is 11.9 Å². The molecule has 0 saturated heterocycles. The monoisotopic (exact) mass is 313 g/mol. The summed E-state index contributed by atoms with van der Waals surface area (Å²) in [5.41, 5.74) is 1.56. The quantitative estimate of drug-likeness (QED) is 0.599. The van der Waals surface area contributed by atoms with Crippen molar-refractivity contribution in [3.05, 3.63) is 35.4 Å². The molecule has 7 nitrogen and oxygen atoms in total. The zero-order valence-corrected chi connectivity index (χ0v) is 12.3. The number of carbonyl (C=O) groups is 2. The summed E-state index contributed by atoms with van der Waals surface area (Å²) < 4.78 is 29.9. The smallest absolute Gasteiger partial charge is 0.328 e. The molecule has 0 fully saturated rings. The van der Waals surface area contributed by atoms with Crippen LogP contribution < -0.4 is 4.72 Å². The Morgan fingerprint density at radius 1 is 1.38 bits per heavy atom. The summed E-state index contributed by atoms with van der Waals surface area (Å²) in [4.78, 5) is 21.5. The first kappa shape index (κ1) is 16.7. The molecule has 114 valence electrons. The van der Waals surface area contributed by atoms with Crippen LogP contribution in [0.1, 0.15) is 11.1 Å². The van der Waals surface area contributed by atoms with Gasteiger partial charge in [-0.25, -0.2) is 13.2 Å². The predicted molar refractivity (Wildman–Crippen MR) is 77.3 cm³/mol. The van der Waals surface area contributed by atoms with Gasteiger partial charge in [0.2, 0.25) is 10.0 Å². The minimum atomic E-state index is -3.87. The van der Waals surface area contributed by atoms with E-state index in [2.05, 4.69) is 9.46 Å². The van der Waals surface area contributed by atoms with Crippen LogP contribution in [0.25, 0.3) is 6.08 Å². The lowest BCUT2D eigenvalue weighted by atomic mass is 10.1. The highest BCUT2D eigenvalue weighted by Gasteiger charge is 2.17. The number of sulfonamides is 1. The molecule has 0 aliphatic heterocycles. The minimum Gasteiger partial charge on any atom is -0.478 e. The molecule has 0 spiro atoms. The molecule has 0 aromatic heterocycles. The normalized spacial score (nSPS) is 11.3. The summed E-state index contributed by atoms with van der Waals surface area (Å²) >= 11 is 0. The zero-order chi connectivity index (χ0) is 16.0. The van der Waals surface area contributed by atoms with Crippen LogP contribution in [0.2, 0.25) is 0 Å². The zero-order valence-electron chi connectivity index (χ0n) is 11.5. The van der Waals surface area contributed by atoms with Gasteiger partial charge in [0.25, 0.3) is 0 Å². The Kier molecular flexibility index (Phi) is 5.48. The lowest BCUT2D eigenvalue weighted by Crippen LogP contribution is -2.23. The Morgan fingerprint density at radius 2 is 2.05 bits per heavy atom. The first-order valence-corrected chi connectivity index (χ1v) is 7.47. The number of methoxy groups -OCH3 is 1. The highest BCUT2D eigenvalue weighted by Crippen LogP contribution is 2.18. The molecule has 0 bridgehead atoms. The molecule has 0 aliphatic rings. The van der Waals surface area contributed by atoms with E-state index in [9.17, 15) is 18.0 Å². The Balaban J connectivity index is 2.97. The van der Waals surface area contributed by atoms with E-state index in [1.807, 2.05) is 0 Å². The number of esters is 1. The van der Waals surface area contributed by atoms with Gasteiger partial charge in [-0.05, 0) is 36.3 Å². The summed E-state index contributed by atoms with van der Waals surface area (Å²) in [6, 6.07) is 4.63. The number of rotatable bonds is 6. The van der Waals surface area contributed by atoms with E-state index in [1.54, 1.807) is 13.0 Å². The van der Waals surface area contributed by atoms with Crippen molar-refractivity contribution in [3.63, 3.8) is 0 Å². The third-order valence-corrected chi connectivity index (χ3v) is 3.66. The number of nitrogens with one attached hydrogen (secondary N) is 1. The molecule has 1 rings (SSSR count). The molecule has 21 heavy (non-hydrogen) atoms. The van der Waals surface area contributed by atoms with Crippen molar-refractivity contribution >= 4 is 33.7 Å². The van der Waals surface area contributed by atoms with E-state index in [-0.39, 0.29) is 5.69 Å². The SMILES string of the molecule is COC(=O)CS(=O)(=O)Nc1ccc(C)c(C=CC(=O)O)c1. The summed E-state index contributed by atoms with van der Waals surface area (Å²) in [5.74, 6) is -2.77. The molecule has 0 saturated carbocycles. The third-order valence-electron chi connectivity index (χ3n) is 2.49. The van der Waals surface area contributed by atoms with Crippen LogP contribution in [-0.4, -0.2) is 38.3 Å². The molecule has 1 aromatic rings. The summed E-state index contributed by atoms with van der Waals surface area (Å²) in [6.07, 6.45) is 2.31. The van der Waals surface area contributed by atoms with Crippen molar-refractivity contribution in [1.82, 2.24) is 0 Å². The molecule has 2 N–H and O–H groups in total. The number of ether oxygens (including phenoxy) is 1. The predicted octanol–water partition coefficient (Wildman–Crippen LogP) is 1.01. The Bertz CT molecular complexity index is 678. The van der Waals surface area contributed by atoms with Gasteiger partial charge < -0.3 is 9.84 Å². The van der Waals surface area contributed by atoms with Crippen LogP contribution in [0.4, 0.5) is 5.69 Å². The van der Waals surface area contributed by atoms with Crippen LogP contribution in [0, 0.1) is 6.92 Å². The first-order valence-electron chi connectivity index (χ1n) is 5.82. The van der Waals surface area contributed by atoms with Gasteiger partial charge in [0.1, 0.15) is 0 Å².